The largest absolute Gasteiger partial charge is 0.464 e. The first-order valence-corrected chi connectivity index (χ1v) is 8.55. The van der Waals surface area contributed by atoms with Gasteiger partial charge >= 0.3 is 11.9 Å². The number of allylic oxidation sites excluding steroid dienone is 1. The summed E-state index contributed by atoms with van der Waals surface area (Å²) < 4.78 is 10.9. The number of methoxy groups -OCH3 is 2. The Morgan fingerprint density at radius 2 is 1.54 bits per heavy atom. The maximum absolute atomic E-state index is 12.4. The van der Waals surface area contributed by atoms with Gasteiger partial charge in [-0.3, -0.25) is 0 Å². The Balaban J connectivity index is 2.13. The van der Waals surface area contributed by atoms with Crippen molar-refractivity contribution in [2.45, 2.75) is 6.04 Å². The Labute approximate surface area is 162 Å². The molecule has 3 aromatic rings. The Hall–Kier alpha value is -3.74. The SMILES string of the molecule is COC(=O)c1nnn(C(/C=C/c2ccccc2)c2ccccc2)c1C(=O)OC. The first-order chi connectivity index (χ1) is 13.7. The molecular formula is C21H19N3O4. The molecule has 0 fully saturated rings. The quantitative estimate of drug-likeness (QED) is 0.614. The van der Waals surface area contributed by atoms with Crippen molar-refractivity contribution in [3.05, 3.63) is 89.3 Å². The number of ether oxygens (including phenoxy) is 2. The zero-order chi connectivity index (χ0) is 19.9. The van der Waals surface area contributed by atoms with Gasteiger partial charge < -0.3 is 9.47 Å². The molecule has 7 nitrogen and oxygen atoms in total. The molecule has 0 saturated carbocycles. The van der Waals surface area contributed by atoms with Crippen LogP contribution in [0.2, 0.25) is 0 Å². The molecule has 7 heteroatoms. The third-order valence-electron chi connectivity index (χ3n) is 4.13. The summed E-state index contributed by atoms with van der Waals surface area (Å²) in [7, 11) is 2.45. The summed E-state index contributed by atoms with van der Waals surface area (Å²) in [5.74, 6) is -1.48. The van der Waals surface area contributed by atoms with Crippen LogP contribution in [0.1, 0.15) is 38.1 Å². The van der Waals surface area contributed by atoms with Gasteiger partial charge in [0.15, 0.2) is 5.69 Å². The van der Waals surface area contributed by atoms with E-state index in [2.05, 4.69) is 10.3 Å². The van der Waals surface area contributed by atoms with E-state index in [1.165, 1.54) is 18.9 Å². The number of hydrogen-bond donors (Lipinski definition) is 0. The fourth-order valence-corrected chi connectivity index (χ4v) is 2.76. The number of esters is 2. The molecule has 1 unspecified atom stereocenters. The van der Waals surface area contributed by atoms with Crippen LogP contribution in [0, 0.1) is 0 Å². The van der Waals surface area contributed by atoms with Crippen LogP contribution in [0.3, 0.4) is 0 Å². The third-order valence-corrected chi connectivity index (χ3v) is 4.13. The second-order valence-corrected chi connectivity index (χ2v) is 5.84. The van der Waals surface area contributed by atoms with Crippen LogP contribution in [0.25, 0.3) is 6.08 Å². The highest BCUT2D eigenvalue weighted by Gasteiger charge is 2.30. The molecular weight excluding hydrogens is 358 g/mol. The number of rotatable bonds is 6. The average Bonchev–Trinajstić information content (AvgIpc) is 3.19. The van der Waals surface area contributed by atoms with E-state index in [1.807, 2.05) is 72.8 Å². The monoisotopic (exact) mass is 377 g/mol. The molecule has 0 spiro atoms. The van der Waals surface area contributed by atoms with E-state index in [9.17, 15) is 9.59 Å². The van der Waals surface area contributed by atoms with E-state index in [0.717, 1.165) is 11.1 Å². The van der Waals surface area contributed by atoms with Crippen molar-refractivity contribution in [2.24, 2.45) is 0 Å². The van der Waals surface area contributed by atoms with Crippen molar-refractivity contribution >= 4 is 18.0 Å². The second-order valence-electron chi connectivity index (χ2n) is 5.84. The van der Waals surface area contributed by atoms with Crippen LogP contribution < -0.4 is 0 Å². The molecule has 0 N–H and O–H groups in total. The summed E-state index contributed by atoms with van der Waals surface area (Å²) in [6, 6.07) is 18.7. The smallest absolute Gasteiger partial charge is 0.361 e. The lowest BCUT2D eigenvalue weighted by Crippen LogP contribution is -2.20. The molecule has 0 saturated heterocycles. The average molecular weight is 377 g/mol. The molecule has 1 heterocycles. The molecule has 0 bridgehead atoms. The molecule has 0 amide bonds. The molecule has 1 atom stereocenters. The molecule has 142 valence electrons. The number of benzene rings is 2. The molecule has 0 aliphatic rings. The van der Waals surface area contributed by atoms with Crippen molar-refractivity contribution in [2.75, 3.05) is 14.2 Å². The molecule has 0 aliphatic heterocycles. The van der Waals surface area contributed by atoms with Crippen molar-refractivity contribution < 1.29 is 19.1 Å². The molecule has 0 aliphatic carbocycles. The maximum Gasteiger partial charge on any atom is 0.361 e. The molecule has 2 aromatic carbocycles. The van der Waals surface area contributed by atoms with Gasteiger partial charge in [0.1, 0.15) is 0 Å². The minimum absolute atomic E-state index is 0.0686. The van der Waals surface area contributed by atoms with Crippen LogP contribution in [0.15, 0.2) is 66.7 Å². The van der Waals surface area contributed by atoms with Crippen molar-refractivity contribution in [1.29, 1.82) is 0 Å². The Kier molecular flexibility index (Phi) is 5.96. The summed E-state index contributed by atoms with van der Waals surface area (Å²) in [6.07, 6.45) is 3.80. The standard InChI is InChI=1S/C21H19N3O4/c1-27-20(25)18-19(21(26)28-2)24(23-22-18)17(16-11-7-4-8-12-16)14-13-15-9-5-3-6-10-15/h3-14,17H,1-2H3/b14-13+. The highest BCUT2D eigenvalue weighted by molar-refractivity contribution is 6.00. The van der Waals surface area contributed by atoms with Gasteiger partial charge in [0, 0.05) is 0 Å². The van der Waals surface area contributed by atoms with Crippen LogP contribution in [0.4, 0.5) is 0 Å². The molecule has 0 radical (unpaired) electrons. The highest BCUT2D eigenvalue weighted by atomic mass is 16.5. The topological polar surface area (TPSA) is 83.3 Å². The maximum atomic E-state index is 12.4. The second kappa shape index (κ2) is 8.77. The van der Waals surface area contributed by atoms with Crippen molar-refractivity contribution in [1.82, 2.24) is 15.0 Å². The number of hydrogen-bond acceptors (Lipinski definition) is 6. The number of carbonyl (C=O) groups is 2. The Bertz CT molecular complexity index is 981. The summed E-state index contributed by atoms with van der Waals surface area (Å²) in [5.41, 5.74) is 1.59. The lowest BCUT2D eigenvalue weighted by Gasteiger charge is -2.16. The Morgan fingerprint density at radius 1 is 0.929 bits per heavy atom. The Morgan fingerprint density at radius 3 is 2.14 bits per heavy atom. The predicted octanol–water partition coefficient (Wildman–Crippen LogP) is 3.15. The van der Waals surface area contributed by atoms with Gasteiger partial charge in [-0.25, -0.2) is 14.3 Å². The fraction of sp³-hybridized carbons (Fsp3) is 0.143. The van der Waals surface area contributed by atoms with E-state index < -0.39 is 18.0 Å². The highest BCUT2D eigenvalue weighted by Crippen LogP contribution is 2.24. The van der Waals surface area contributed by atoms with E-state index >= 15 is 0 Å². The van der Waals surface area contributed by atoms with Gasteiger partial charge in [-0.1, -0.05) is 78.0 Å². The van der Waals surface area contributed by atoms with E-state index in [-0.39, 0.29) is 11.4 Å². The number of nitrogens with zero attached hydrogens (tertiary/aromatic N) is 3. The van der Waals surface area contributed by atoms with Crippen molar-refractivity contribution in [3.63, 3.8) is 0 Å². The van der Waals surface area contributed by atoms with Gasteiger partial charge in [-0.2, -0.15) is 0 Å². The number of carbonyl (C=O) groups excluding carboxylic acids is 2. The minimum atomic E-state index is -0.759. The zero-order valence-corrected chi connectivity index (χ0v) is 15.5. The van der Waals surface area contributed by atoms with Gasteiger partial charge in [0.25, 0.3) is 0 Å². The number of aromatic nitrogens is 3. The summed E-state index contributed by atoms with van der Waals surface area (Å²) in [5, 5.41) is 7.92. The fourth-order valence-electron chi connectivity index (χ4n) is 2.76. The molecule has 3 rings (SSSR count). The molecule has 28 heavy (non-hydrogen) atoms. The van der Waals surface area contributed by atoms with Crippen LogP contribution in [-0.4, -0.2) is 41.2 Å². The minimum Gasteiger partial charge on any atom is -0.464 e. The van der Waals surface area contributed by atoms with E-state index in [1.54, 1.807) is 0 Å². The summed E-state index contributed by atoms with van der Waals surface area (Å²) in [4.78, 5) is 24.4. The van der Waals surface area contributed by atoms with Gasteiger partial charge in [-0.15, -0.1) is 5.10 Å². The van der Waals surface area contributed by atoms with Crippen molar-refractivity contribution in [3.8, 4) is 0 Å². The lowest BCUT2D eigenvalue weighted by atomic mass is 10.0. The lowest BCUT2D eigenvalue weighted by molar-refractivity contribution is 0.0543. The predicted molar refractivity (Wildman–Crippen MR) is 103 cm³/mol. The van der Waals surface area contributed by atoms with Gasteiger partial charge in [0.05, 0.1) is 20.3 Å². The van der Waals surface area contributed by atoms with Crippen LogP contribution in [0.5, 0.6) is 0 Å². The first-order valence-electron chi connectivity index (χ1n) is 8.55. The zero-order valence-electron chi connectivity index (χ0n) is 15.5. The van der Waals surface area contributed by atoms with Gasteiger partial charge in [0.2, 0.25) is 5.69 Å². The summed E-state index contributed by atoms with van der Waals surface area (Å²) >= 11 is 0. The van der Waals surface area contributed by atoms with E-state index in [4.69, 9.17) is 9.47 Å². The van der Waals surface area contributed by atoms with E-state index in [0.29, 0.717) is 0 Å². The first kappa shape index (κ1) is 19.0. The normalized spacial score (nSPS) is 11.9. The van der Waals surface area contributed by atoms with Crippen LogP contribution >= 0.6 is 0 Å². The third kappa shape index (κ3) is 3.98. The molecule has 1 aromatic heterocycles. The summed E-state index contributed by atoms with van der Waals surface area (Å²) in [6.45, 7) is 0. The van der Waals surface area contributed by atoms with Crippen LogP contribution in [-0.2, 0) is 9.47 Å². The van der Waals surface area contributed by atoms with Gasteiger partial charge in [-0.05, 0) is 11.1 Å².